The van der Waals surface area contributed by atoms with Crippen LogP contribution in [0.5, 0.6) is 0 Å². The second kappa shape index (κ2) is 2.80. The number of halogens is 1. The van der Waals surface area contributed by atoms with Crippen LogP contribution < -0.4 is 11.1 Å². The van der Waals surface area contributed by atoms with E-state index in [-0.39, 0.29) is 17.7 Å². The number of anilines is 1. The molecule has 1 heterocycles. The summed E-state index contributed by atoms with van der Waals surface area (Å²) in [5.74, 6) is -1.67. The Hall–Kier alpha value is -1.91. The van der Waals surface area contributed by atoms with Gasteiger partial charge in [-0.3, -0.25) is 14.9 Å². The first kappa shape index (κ1) is 8.68. The first-order valence-corrected chi connectivity index (χ1v) is 4.00. The molecule has 0 unspecified atom stereocenters. The molecule has 2 amide bonds. The molecule has 0 radical (unpaired) electrons. The summed E-state index contributed by atoms with van der Waals surface area (Å²) < 4.78 is 13.0. The van der Waals surface area contributed by atoms with Gasteiger partial charge in [-0.1, -0.05) is 6.07 Å². The van der Waals surface area contributed by atoms with Gasteiger partial charge in [0, 0.05) is 0 Å². The normalized spacial score (nSPS) is 14.9. The summed E-state index contributed by atoms with van der Waals surface area (Å²) in [4.78, 5) is 22.3. The third kappa shape index (κ3) is 1.14. The van der Waals surface area contributed by atoms with E-state index in [4.69, 9.17) is 5.73 Å². The molecule has 1 aromatic rings. The Kier molecular flexibility index (Phi) is 1.73. The predicted octanol–water partition coefficient (Wildman–Crippen LogP) is 0.220. The molecule has 72 valence electrons. The Bertz CT molecular complexity index is 443. The van der Waals surface area contributed by atoms with Gasteiger partial charge >= 0.3 is 0 Å². The third-order valence-electron chi connectivity index (χ3n) is 2.11. The van der Waals surface area contributed by atoms with Crippen molar-refractivity contribution in [2.24, 2.45) is 0 Å². The maximum Gasteiger partial charge on any atom is 0.260 e. The van der Waals surface area contributed by atoms with Crippen molar-refractivity contribution in [1.82, 2.24) is 5.32 Å². The molecular formula is C9H7FN2O2. The number of hydrogen-bond acceptors (Lipinski definition) is 3. The summed E-state index contributed by atoms with van der Waals surface area (Å²) in [6.07, 6.45) is 0.0611. The molecule has 0 saturated carbocycles. The minimum absolute atomic E-state index is 0.0611. The molecule has 3 N–H and O–H groups in total. The molecule has 0 fully saturated rings. The van der Waals surface area contributed by atoms with E-state index in [1.54, 1.807) is 0 Å². The zero-order valence-electron chi connectivity index (χ0n) is 7.13. The van der Waals surface area contributed by atoms with E-state index < -0.39 is 17.6 Å². The molecule has 1 aliphatic rings. The molecule has 14 heavy (non-hydrogen) atoms. The highest BCUT2D eigenvalue weighted by Gasteiger charge is 2.25. The summed E-state index contributed by atoms with van der Waals surface area (Å²) in [6.45, 7) is 0. The van der Waals surface area contributed by atoms with E-state index >= 15 is 0 Å². The fourth-order valence-electron chi connectivity index (χ4n) is 1.46. The molecule has 0 atom stereocenters. The van der Waals surface area contributed by atoms with Crippen LogP contribution in [-0.2, 0) is 11.2 Å². The number of hydrogen-bond donors (Lipinski definition) is 2. The molecule has 2 rings (SSSR count). The molecule has 0 aromatic heterocycles. The number of fused-ring (bicyclic) bond motifs is 1. The number of amides is 2. The highest BCUT2D eigenvalue weighted by molar-refractivity contribution is 6.12. The number of carbonyl (C=O) groups excluding carboxylic acids is 2. The van der Waals surface area contributed by atoms with E-state index in [2.05, 4.69) is 5.32 Å². The van der Waals surface area contributed by atoms with Crippen molar-refractivity contribution >= 4 is 17.5 Å². The van der Waals surface area contributed by atoms with Gasteiger partial charge in [-0.15, -0.1) is 0 Å². The van der Waals surface area contributed by atoms with Gasteiger partial charge in [0.25, 0.3) is 5.91 Å². The van der Waals surface area contributed by atoms with Crippen LogP contribution in [-0.4, -0.2) is 11.8 Å². The lowest BCUT2D eigenvalue weighted by molar-refractivity contribution is -0.119. The van der Waals surface area contributed by atoms with E-state index in [1.165, 1.54) is 6.07 Å². The number of nitrogens with one attached hydrogen (secondary N) is 1. The average Bonchev–Trinajstić information content (AvgIpc) is 2.10. The summed E-state index contributed by atoms with van der Waals surface area (Å²) >= 11 is 0. The number of nitrogens with two attached hydrogens (primary N) is 1. The van der Waals surface area contributed by atoms with Crippen molar-refractivity contribution < 1.29 is 14.0 Å². The van der Waals surface area contributed by atoms with E-state index in [1.807, 2.05) is 0 Å². The molecule has 1 aliphatic heterocycles. The minimum Gasteiger partial charge on any atom is -0.396 e. The van der Waals surface area contributed by atoms with Crippen LogP contribution in [0.1, 0.15) is 15.9 Å². The molecule has 4 nitrogen and oxygen atoms in total. The number of benzene rings is 1. The van der Waals surface area contributed by atoms with E-state index in [0.29, 0.717) is 5.56 Å². The van der Waals surface area contributed by atoms with Gasteiger partial charge in [0.05, 0.1) is 17.7 Å². The van der Waals surface area contributed by atoms with Gasteiger partial charge in [-0.05, 0) is 11.6 Å². The van der Waals surface area contributed by atoms with E-state index in [9.17, 15) is 14.0 Å². The van der Waals surface area contributed by atoms with Crippen LogP contribution in [0.15, 0.2) is 12.1 Å². The van der Waals surface area contributed by atoms with Crippen LogP contribution >= 0.6 is 0 Å². The van der Waals surface area contributed by atoms with Crippen molar-refractivity contribution in [2.45, 2.75) is 6.42 Å². The highest BCUT2D eigenvalue weighted by Crippen LogP contribution is 2.23. The SMILES string of the molecule is Nc1c(F)ccc2c1C(=O)NC(=O)C2. The second-order valence-corrected chi connectivity index (χ2v) is 3.05. The highest BCUT2D eigenvalue weighted by atomic mass is 19.1. The number of carbonyl (C=O) groups is 2. The van der Waals surface area contributed by atoms with Gasteiger partial charge < -0.3 is 5.73 Å². The summed E-state index contributed by atoms with van der Waals surface area (Å²) in [5.41, 5.74) is 5.73. The van der Waals surface area contributed by atoms with Crippen LogP contribution in [0, 0.1) is 5.82 Å². The van der Waals surface area contributed by atoms with Crippen LogP contribution in [0.4, 0.5) is 10.1 Å². The maximum absolute atomic E-state index is 13.0. The fraction of sp³-hybridized carbons (Fsp3) is 0.111. The molecule has 5 heteroatoms. The standard InChI is InChI=1S/C9H7FN2O2/c10-5-2-1-4-3-6(13)12-9(14)7(4)8(5)11/h1-2H,3,11H2,(H,12,13,14). The molecular weight excluding hydrogens is 187 g/mol. The van der Waals surface area contributed by atoms with Gasteiger partial charge in [-0.25, -0.2) is 4.39 Å². The Morgan fingerprint density at radius 3 is 2.79 bits per heavy atom. The quantitative estimate of drug-likeness (QED) is 0.458. The zero-order valence-corrected chi connectivity index (χ0v) is 7.13. The fourth-order valence-corrected chi connectivity index (χ4v) is 1.46. The first-order valence-electron chi connectivity index (χ1n) is 4.00. The Morgan fingerprint density at radius 1 is 1.36 bits per heavy atom. The number of nitrogen functional groups attached to an aromatic ring is 1. The smallest absolute Gasteiger partial charge is 0.260 e. The molecule has 1 aromatic carbocycles. The van der Waals surface area contributed by atoms with Crippen molar-refractivity contribution in [3.8, 4) is 0 Å². The summed E-state index contributed by atoms with van der Waals surface area (Å²) in [5, 5.41) is 2.08. The second-order valence-electron chi connectivity index (χ2n) is 3.05. The lowest BCUT2D eigenvalue weighted by Crippen LogP contribution is -2.37. The molecule has 0 saturated heterocycles. The molecule has 0 aliphatic carbocycles. The van der Waals surface area contributed by atoms with E-state index in [0.717, 1.165) is 6.07 Å². The monoisotopic (exact) mass is 194 g/mol. The maximum atomic E-state index is 13.0. The number of rotatable bonds is 0. The summed E-state index contributed by atoms with van der Waals surface area (Å²) in [7, 11) is 0. The van der Waals surface area contributed by atoms with Crippen molar-refractivity contribution in [2.75, 3.05) is 5.73 Å². The Morgan fingerprint density at radius 2 is 2.07 bits per heavy atom. The van der Waals surface area contributed by atoms with Gasteiger partial charge in [0.15, 0.2) is 0 Å². The average molecular weight is 194 g/mol. The van der Waals surface area contributed by atoms with Crippen molar-refractivity contribution in [3.63, 3.8) is 0 Å². The first-order chi connectivity index (χ1) is 6.59. The lowest BCUT2D eigenvalue weighted by atomic mass is 9.98. The molecule has 0 bridgehead atoms. The topological polar surface area (TPSA) is 72.2 Å². The number of imide groups is 1. The van der Waals surface area contributed by atoms with Crippen LogP contribution in [0.25, 0.3) is 0 Å². The van der Waals surface area contributed by atoms with Crippen molar-refractivity contribution in [3.05, 3.63) is 29.1 Å². The Balaban J connectivity index is 2.65. The summed E-state index contributed by atoms with van der Waals surface area (Å²) in [6, 6.07) is 2.55. The predicted molar refractivity (Wildman–Crippen MR) is 47.0 cm³/mol. The molecule has 0 spiro atoms. The largest absolute Gasteiger partial charge is 0.396 e. The van der Waals surface area contributed by atoms with Gasteiger partial charge in [0.1, 0.15) is 5.82 Å². The van der Waals surface area contributed by atoms with Crippen molar-refractivity contribution in [1.29, 1.82) is 0 Å². The van der Waals surface area contributed by atoms with Crippen LogP contribution in [0.2, 0.25) is 0 Å². The van der Waals surface area contributed by atoms with Gasteiger partial charge in [-0.2, -0.15) is 0 Å². The third-order valence-corrected chi connectivity index (χ3v) is 2.11. The van der Waals surface area contributed by atoms with Gasteiger partial charge in [0.2, 0.25) is 5.91 Å². The minimum atomic E-state index is -0.645. The van der Waals surface area contributed by atoms with Crippen LogP contribution in [0.3, 0.4) is 0 Å². The Labute approximate surface area is 78.9 Å². The zero-order chi connectivity index (χ0) is 10.3. The lowest BCUT2D eigenvalue weighted by Gasteiger charge is -2.16.